The second kappa shape index (κ2) is 8.30. The Hall–Kier alpha value is 0.137. The summed E-state index contributed by atoms with van der Waals surface area (Å²) in [6.45, 7) is 19.4. The fourth-order valence-electron chi connectivity index (χ4n) is 4.94. The lowest BCUT2D eigenvalue weighted by atomic mass is 9.75. The van der Waals surface area contributed by atoms with Gasteiger partial charge in [-0.25, -0.2) is 0 Å². The largest absolute Gasteiger partial charge is 0.416 e. The third kappa shape index (κ3) is 4.36. The number of aliphatic hydroxyl groups is 1. The number of rotatable bonds is 7. The monoisotopic (exact) mass is 328 g/mol. The van der Waals surface area contributed by atoms with E-state index in [0.717, 1.165) is 19.4 Å². The lowest BCUT2D eigenvalue weighted by Gasteiger charge is -2.44. The average Bonchev–Trinajstić information content (AvgIpc) is 2.37. The number of hydrogen-bond acceptors (Lipinski definition) is 2. The van der Waals surface area contributed by atoms with Crippen molar-refractivity contribution >= 4 is 8.32 Å². The molecule has 3 heteroatoms. The van der Waals surface area contributed by atoms with Crippen molar-refractivity contribution in [2.45, 2.75) is 97.4 Å². The van der Waals surface area contributed by atoms with Crippen LogP contribution in [0.4, 0.5) is 0 Å². The van der Waals surface area contributed by atoms with Crippen molar-refractivity contribution in [2.24, 2.45) is 17.8 Å². The van der Waals surface area contributed by atoms with Gasteiger partial charge in [-0.2, -0.15) is 0 Å². The molecule has 1 saturated carbocycles. The SMILES string of the molecule is CC(C)[Si](OC[C@H](C)[C@@H]1CC[C@@H](C)C[C@H]1O)(C(C)C)C(C)C. The van der Waals surface area contributed by atoms with E-state index >= 15 is 0 Å². The maximum absolute atomic E-state index is 10.4. The van der Waals surface area contributed by atoms with Crippen LogP contribution in [-0.2, 0) is 4.43 Å². The van der Waals surface area contributed by atoms with Crippen LogP contribution in [0.5, 0.6) is 0 Å². The van der Waals surface area contributed by atoms with Crippen LogP contribution in [0.15, 0.2) is 0 Å². The van der Waals surface area contributed by atoms with Crippen LogP contribution in [0.3, 0.4) is 0 Å². The molecule has 0 unspecified atom stereocenters. The highest BCUT2D eigenvalue weighted by molar-refractivity contribution is 6.77. The summed E-state index contributed by atoms with van der Waals surface area (Å²) in [4.78, 5) is 0. The van der Waals surface area contributed by atoms with Crippen LogP contribution >= 0.6 is 0 Å². The van der Waals surface area contributed by atoms with Crippen molar-refractivity contribution in [2.75, 3.05) is 6.61 Å². The Bertz CT molecular complexity index is 306. The topological polar surface area (TPSA) is 29.5 Å². The quantitative estimate of drug-likeness (QED) is 0.615. The molecule has 22 heavy (non-hydrogen) atoms. The van der Waals surface area contributed by atoms with E-state index < -0.39 is 8.32 Å². The van der Waals surface area contributed by atoms with Gasteiger partial charge in [-0.15, -0.1) is 0 Å². The molecular formula is C19H40O2Si. The van der Waals surface area contributed by atoms with Gasteiger partial charge in [0, 0.05) is 6.61 Å². The molecule has 1 fully saturated rings. The number of hydrogen-bond donors (Lipinski definition) is 1. The molecule has 132 valence electrons. The highest BCUT2D eigenvalue weighted by atomic mass is 28.4. The van der Waals surface area contributed by atoms with Crippen molar-refractivity contribution < 1.29 is 9.53 Å². The summed E-state index contributed by atoms with van der Waals surface area (Å²) >= 11 is 0. The van der Waals surface area contributed by atoms with E-state index in [1.807, 2.05) is 0 Å². The first-order chi connectivity index (χ1) is 10.1. The van der Waals surface area contributed by atoms with Gasteiger partial charge in [-0.05, 0) is 47.2 Å². The minimum Gasteiger partial charge on any atom is -0.416 e. The van der Waals surface area contributed by atoms with Gasteiger partial charge in [0.2, 0.25) is 0 Å². The molecule has 0 heterocycles. The molecule has 1 N–H and O–H groups in total. The molecule has 4 atom stereocenters. The first kappa shape index (κ1) is 20.2. The summed E-state index contributed by atoms with van der Waals surface area (Å²) < 4.78 is 6.73. The summed E-state index contributed by atoms with van der Waals surface area (Å²) in [6, 6.07) is 0. The van der Waals surface area contributed by atoms with Gasteiger partial charge < -0.3 is 9.53 Å². The van der Waals surface area contributed by atoms with Crippen LogP contribution in [0.1, 0.15) is 74.7 Å². The van der Waals surface area contributed by atoms with Crippen LogP contribution in [0.25, 0.3) is 0 Å². The summed E-state index contributed by atoms with van der Waals surface area (Å²) in [5.74, 6) is 1.56. The predicted octanol–water partition coefficient (Wildman–Crippen LogP) is 5.61. The minimum atomic E-state index is -1.77. The Morgan fingerprint density at radius 1 is 0.955 bits per heavy atom. The molecule has 0 amide bonds. The zero-order valence-corrected chi connectivity index (χ0v) is 17.2. The van der Waals surface area contributed by atoms with E-state index in [1.165, 1.54) is 6.42 Å². The average molecular weight is 329 g/mol. The van der Waals surface area contributed by atoms with Gasteiger partial charge in [0.25, 0.3) is 0 Å². The second-order valence-electron chi connectivity index (χ2n) is 8.76. The zero-order valence-electron chi connectivity index (χ0n) is 16.2. The third-order valence-corrected chi connectivity index (χ3v) is 12.2. The van der Waals surface area contributed by atoms with Gasteiger partial charge >= 0.3 is 0 Å². The van der Waals surface area contributed by atoms with Crippen molar-refractivity contribution in [1.82, 2.24) is 0 Å². The third-order valence-electron chi connectivity index (χ3n) is 6.17. The molecule has 0 spiro atoms. The first-order valence-corrected chi connectivity index (χ1v) is 11.6. The predicted molar refractivity (Wildman–Crippen MR) is 98.7 cm³/mol. The molecular weight excluding hydrogens is 288 g/mol. The molecule has 0 aromatic carbocycles. The van der Waals surface area contributed by atoms with Crippen LogP contribution in [-0.4, -0.2) is 26.1 Å². The lowest BCUT2D eigenvalue weighted by Crippen LogP contribution is -2.49. The Balaban J connectivity index is 2.72. The maximum Gasteiger partial charge on any atom is 0.200 e. The molecule has 0 aromatic rings. The van der Waals surface area contributed by atoms with E-state index in [4.69, 9.17) is 4.43 Å². The van der Waals surface area contributed by atoms with Crippen LogP contribution in [0, 0.1) is 17.8 Å². The normalized spacial score (nSPS) is 28.6. The zero-order chi connectivity index (χ0) is 17.1. The second-order valence-corrected chi connectivity index (χ2v) is 14.2. The van der Waals surface area contributed by atoms with E-state index in [2.05, 4.69) is 55.4 Å². The molecule has 0 aromatic heterocycles. The van der Waals surface area contributed by atoms with Gasteiger partial charge in [-0.1, -0.05) is 61.8 Å². The van der Waals surface area contributed by atoms with E-state index in [-0.39, 0.29) is 6.10 Å². The van der Waals surface area contributed by atoms with E-state index in [1.54, 1.807) is 0 Å². The standard InChI is InChI=1S/C19H40O2Si/c1-13(2)22(14(3)4,15(5)6)21-12-17(8)18-10-9-16(7)11-19(18)20/h13-20H,9-12H2,1-8H3/t16-,17+,18+,19-/m1/s1. The molecule has 1 rings (SSSR count). The van der Waals surface area contributed by atoms with Crippen molar-refractivity contribution in [3.05, 3.63) is 0 Å². The Labute approximate surface area is 140 Å². The highest BCUT2D eigenvalue weighted by Gasteiger charge is 2.45. The maximum atomic E-state index is 10.4. The smallest absolute Gasteiger partial charge is 0.200 e. The lowest BCUT2D eigenvalue weighted by molar-refractivity contribution is 0.00911. The van der Waals surface area contributed by atoms with E-state index in [9.17, 15) is 5.11 Å². The summed E-state index contributed by atoms with van der Waals surface area (Å²) in [5.41, 5.74) is 1.91. The molecule has 1 aliphatic carbocycles. The van der Waals surface area contributed by atoms with Gasteiger partial charge in [0.1, 0.15) is 0 Å². The van der Waals surface area contributed by atoms with Crippen molar-refractivity contribution in [3.63, 3.8) is 0 Å². The highest BCUT2D eigenvalue weighted by Crippen LogP contribution is 2.43. The summed E-state index contributed by atoms with van der Waals surface area (Å²) in [7, 11) is -1.77. The van der Waals surface area contributed by atoms with Gasteiger partial charge in [0.15, 0.2) is 8.32 Å². The van der Waals surface area contributed by atoms with Gasteiger partial charge in [0.05, 0.1) is 6.10 Å². The Morgan fingerprint density at radius 2 is 1.45 bits per heavy atom. The fraction of sp³-hybridized carbons (Fsp3) is 1.00. The van der Waals surface area contributed by atoms with Crippen LogP contribution < -0.4 is 0 Å². The Kier molecular flexibility index (Phi) is 7.61. The Morgan fingerprint density at radius 3 is 1.86 bits per heavy atom. The summed E-state index contributed by atoms with van der Waals surface area (Å²) in [5, 5.41) is 10.4. The number of aliphatic hydroxyl groups excluding tert-OH is 1. The molecule has 0 saturated heterocycles. The molecule has 0 aliphatic heterocycles. The van der Waals surface area contributed by atoms with Crippen LogP contribution in [0.2, 0.25) is 16.6 Å². The fourth-order valence-corrected chi connectivity index (χ4v) is 10.5. The molecule has 0 bridgehead atoms. The minimum absolute atomic E-state index is 0.129. The molecule has 2 nitrogen and oxygen atoms in total. The molecule has 0 radical (unpaired) electrons. The molecule has 1 aliphatic rings. The summed E-state index contributed by atoms with van der Waals surface area (Å²) in [6.07, 6.45) is 3.26. The van der Waals surface area contributed by atoms with Crippen molar-refractivity contribution in [3.8, 4) is 0 Å². The van der Waals surface area contributed by atoms with Crippen molar-refractivity contribution in [1.29, 1.82) is 0 Å². The first-order valence-electron chi connectivity index (χ1n) is 9.44. The van der Waals surface area contributed by atoms with E-state index in [0.29, 0.717) is 34.4 Å². The van der Waals surface area contributed by atoms with Gasteiger partial charge in [-0.3, -0.25) is 0 Å².